The number of fused-ring (bicyclic) bond motifs is 1. The number of allylic oxidation sites excluding steroid dienone is 1. The Labute approximate surface area is 180 Å². The molecule has 0 spiro atoms. The Kier molecular flexibility index (Phi) is 5.82. The molecule has 2 aromatic carbocycles. The summed E-state index contributed by atoms with van der Waals surface area (Å²) in [6.07, 6.45) is 1.80. The van der Waals surface area contributed by atoms with Gasteiger partial charge in [0, 0.05) is 27.5 Å². The third-order valence-corrected chi connectivity index (χ3v) is 5.64. The first kappa shape index (κ1) is 19.5. The predicted molar refractivity (Wildman–Crippen MR) is 116 cm³/mol. The van der Waals surface area contributed by atoms with Gasteiger partial charge in [-0.3, -0.25) is 4.79 Å². The molecule has 1 amide bonds. The molecule has 148 valence electrons. The van der Waals surface area contributed by atoms with E-state index in [4.69, 9.17) is 9.47 Å². The summed E-state index contributed by atoms with van der Waals surface area (Å²) in [6.45, 7) is 5.49. The molecule has 0 radical (unpaired) electrons. The molecular weight excluding hydrogens is 454 g/mol. The number of carbonyl (C=O) groups excluding carboxylic acids is 1. The Hall–Kier alpha value is -2.84. The lowest BCUT2D eigenvalue weighted by atomic mass is 10.1. The predicted octanol–water partition coefficient (Wildman–Crippen LogP) is 4.18. The number of aromatic nitrogens is 1. The Balaban J connectivity index is 1.65. The number of nitrogens with one attached hydrogen (secondary N) is 1. The Morgan fingerprint density at radius 2 is 2.07 bits per heavy atom. The van der Waals surface area contributed by atoms with Gasteiger partial charge in [-0.1, -0.05) is 28.1 Å². The van der Waals surface area contributed by atoms with Crippen LogP contribution in [0.25, 0.3) is 11.3 Å². The van der Waals surface area contributed by atoms with Crippen molar-refractivity contribution >= 4 is 33.2 Å². The van der Waals surface area contributed by atoms with Crippen LogP contribution in [-0.2, 0) is 6.54 Å². The maximum Gasteiger partial charge on any atom is 0.271 e. The van der Waals surface area contributed by atoms with E-state index < -0.39 is 0 Å². The van der Waals surface area contributed by atoms with E-state index in [1.807, 2.05) is 40.3 Å². The summed E-state index contributed by atoms with van der Waals surface area (Å²) in [4.78, 5) is 13.1. The van der Waals surface area contributed by atoms with Gasteiger partial charge in [0.05, 0.1) is 5.69 Å². The van der Waals surface area contributed by atoms with Crippen LogP contribution in [0.5, 0.6) is 11.5 Å². The molecule has 0 bridgehead atoms. The van der Waals surface area contributed by atoms with Gasteiger partial charge in [0.1, 0.15) is 13.2 Å². The summed E-state index contributed by atoms with van der Waals surface area (Å²) in [5.74, 6) is 1.20. The van der Waals surface area contributed by atoms with Crippen molar-refractivity contribution in [2.24, 2.45) is 5.10 Å². The zero-order chi connectivity index (χ0) is 20.2. The molecule has 0 aliphatic carbocycles. The number of ether oxygens (including phenoxy) is 2. The highest BCUT2D eigenvalue weighted by atomic mass is 79.9. The number of benzene rings is 2. The molecule has 3 aromatic rings. The van der Waals surface area contributed by atoms with E-state index >= 15 is 0 Å². The van der Waals surface area contributed by atoms with Crippen molar-refractivity contribution in [3.63, 3.8) is 0 Å². The van der Waals surface area contributed by atoms with Gasteiger partial charge in [0.2, 0.25) is 4.80 Å². The van der Waals surface area contributed by atoms with Crippen LogP contribution in [0.4, 0.5) is 0 Å². The molecule has 2 heterocycles. The average Bonchev–Trinajstić information content (AvgIpc) is 3.14. The second-order valence-electron chi connectivity index (χ2n) is 6.22. The summed E-state index contributed by atoms with van der Waals surface area (Å²) in [5.41, 5.74) is 5.10. The zero-order valence-electron chi connectivity index (χ0n) is 15.4. The van der Waals surface area contributed by atoms with E-state index in [0.717, 1.165) is 27.2 Å². The van der Waals surface area contributed by atoms with Gasteiger partial charge in [-0.15, -0.1) is 23.0 Å². The highest BCUT2D eigenvalue weighted by Gasteiger charge is 2.15. The molecule has 0 saturated carbocycles. The van der Waals surface area contributed by atoms with Gasteiger partial charge in [0.25, 0.3) is 5.91 Å². The Morgan fingerprint density at radius 3 is 2.86 bits per heavy atom. The van der Waals surface area contributed by atoms with Crippen molar-refractivity contribution < 1.29 is 14.3 Å². The van der Waals surface area contributed by atoms with Crippen LogP contribution in [0.3, 0.4) is 0 Å². The van der Waals surface area contributed by atoms with Gasteiger partial charge in [-0.25, -0.2) is 5.43 Å². The molecule has 1 N–H and O–H groups in total. The average molecular weight is 472 g/mol. The summed E-state index contributed by atoms with van der Waals surface area (Å²) < 4.78 is 14.1. The first-order valence-electron chi connectivity index (χ1n) is 8.94. The van der Waals surface area contributed by atoms with Crippen LogP contribution in [-0.4, -0.2) is 23.7 Å². The lowest BCUT2D eigenvalue weighted by Crippen LogP contribution is -2.24. The summed E-state index contributed by atoms with van der Waals surface area (Å²) >= 11 is 4.81. The van der Waals surface area contributed by atoms with Crippen molar-refractivity contribution in [1.82, 2.24) is 9.99 Å². The number of amides is 1. The molecule has 1 aliphatic rings. The van der Waals surface area contributed by atoms with Crippen molar-refractivity contribution in [1.29, 1.82) is 0 Å². The third-order valence-electron chi connectivity index (χ3n) is 4.29. The molecule has 0 saturated heterocycles. The monoisotopic (exact) mass is 471 g/mol. The van der Waals surface area contributed by atoms with Gasteiger partial charge in [0.15, 0.2) is 11.5 Å². The number of halogens is 1. The minimum absolute atomic E-state index is 0.272. The van der Waals surface area contributed by atoms with Crippen LogP contribution in [0.2, 0.25) is 0 Å². The fraction of sp³-hybridized carbons (Fsp3) is 0.143. The normalized spacial score (nSPS) is 13.2. The molecule has 6 nitrogen and oxygen atoms in total. The maximum atomic E-state index is 12.4. The van der Waals surface area contributed by atoms with E-state index in [9.17, 15) is 4.79 Å². The van der Waals surface area contributed by atoms with Crippen LogP contribution in [0, 0.1) is 0 Å². The number of hydrogen-bond acceptors (Lipinski definition) is 5. The number of nitrogens with zero attached hydrogens (tertiary/aromatic N) is 2. The second-order valence-corrected chi connectivity index (χ2v) is 7.98. The highest BCUT2D eigenvalue weighted by molar-refractivity contribution is 9.10. The first-order chi connectivity index (χ1) is 14.2. The maximum absolute atomic E-state index is 12.4. The highest BCUT2D eigenvalue weighted by Crippen LogP contribution is 2.34. The molecule has 4 rings (SSSR count). The minimum Gasteiger partial charge on any atom is -0.486 e. The Morgan fingerprint density at radius 1 is 1.24 bits per heavy atom. The van der Waals surface area contributed by atoms with Gasteiger partial charge in [-0.05, 0) is 36.4 Å². The molecule has 8 heteroatoms. The summed E-state index contributed by atoms with van der Waals surface area (Å²) in [5, 5.41) is 6.33. The van der Waals surface area contributed by atoms with Gasteiger partial charge in [-0.2, -0.15) is 0 Å². The van der Waals surface area contributed by atoms with Gasteiger partial charge < -0.3 is 14.0 Å². The lowest BCUT2D eigenvalue weighted by Gasteiger charge is -2.19. The van der Waals surface area contributed by atoms with E-state index in [2.05, 4.69) is 33.0 Å². The van der Waals surface area contributed by atoms with Gasteiger partial charge >= 0.3 is 0 Å². The number of hydrogen-bond donors (Lipinski definition) is 1. The number of rotatable bonds is 5. The molecule has 1 aliphatic heterocycles. The summed E-state index contributed by atoms with van der Waals surface area (Å²) in [6, 6.07) is 13.0. The molecule has 1 aromatic heterocycles. The van der Waals surface area contributed by atoms with Crippen molar-refractivity contribution in [3.05, 3.63) is 75.3 Å². The minimum atomic E-state index is -0.272. The standard InChI is InChI=1S/C21H18BrN3O3S/c1-2-8-25-17(14-6-7-18-19(12-14)28-10-9-27-18)13-29-21(25)24-23-20(26)15-4-3-5-16(22)11-15/h2-7,11-13H,1,8-10H2,(H,23,26)/b24-21-. The van der Waals surface area contributed by atoms with E-state index in [-0.39, 0.29) is 5.91 Å². The fourth-order valence-electron chi connectivity index (χ4n) is 2.95. The largest absolute Gasteiger partial charge is 0.486 e. The van der Waals surface area contributed by atoms with Crippen LogP contribution >= 0.6 is 27.3 Å². The third kappa shape index (κ3) is 4.28. The van der Waals surface area contributed by atoms with Crippen molar-refractivity contribution in [2.75, 3.05) is 13.2 Å². The number of carbonyl (C=O) groups is 1. The second kappa shape index (κ2) is 8.67. The smallest absolute Gasteiger partial charge is 0.271 e. The fourth-order valence-corrected chi connectivity index (χ4v) is 4.23. The van der Waals surface area contributed by atoms with Crippen LogP contribution in [0.15, 0.2) is 70.1 Å². The van der Waals surface area contributed by atoms with E-state index in [1.54, 1.807) is 18.2 Å². The van der Waals surface area contributed by atoms with Crippen LogP contribution in [0.1, 0.15) is 10.4 Å². The molecular formula is C21H18BrN3O3S. The topological polar surface area (TPSA) is 64.8 Å². The first-order valence-corrected chi connectivity index (χ1v) is 10.6. The quantitative estimate of drug-likeness (QED) is 0.448. The zero-order valence-corrected chi connectivity index (χ0v) is 17.8. The number of thiazole rings is 1. The lowest BCUT2D eigenvalue weighted by molar-refractivity contribution is 0.0953. The SMILES string of the molecule is C=CCn1c(-c2ccc3c(c2)OCCO3)cs/c1=N\NC(=O)c1cccc(Br)c1. The van der Waals surface area contributed by atoms with Crippen LogP contribution < -0.4 is 19.7 Å². The molecule has 0 unspecified atom stereocenters. The van der Waals surface area contributed by atoms with Crippen molar-refractivity contribution in [3.8, 4) is 22.8 Å². The molecule has 0 fully saturated rings. The van der Waals surface area contributed by atoms with E-state index in [0.29, 0.717) is 30.1 Å². The Bertz CT molecular complexity index is 1140. The molecule has 29 heavy (non-hydrogen) atoms. The van der Waals surface area contributed by atoms with Crippen molar-refractivity contribution in [2.45, 2.75) is 6.54 Å². The van der Waals surface area contributed by atoms with E-state index in [1.165, 1.54) is 11.3 Å². The molecule has 0 atom stereocenters. The summed E-state index contributed by atoms with van der Waals surface area (Å²) in [7, 11) is 0.